The lowest BCUT2D eigenvalue weighted by Crippen LogP contribution is -2.09. The fourth-order valence-electron chi connectivity index (χ4n) is 2.56. The lowest BCUT2D eigenvalue weighted by atomic mass is 10.2. The maximum Gasteiger partial charge on any atom is 0.312 e. The third-order valence-corrected chi connectivity index (χ3v) is 5.98. The van der Waals surface area contributed by atoms with E-state index in [0.29, 0.717) is 28.1 Å². The average molecular weight is 431 g/mol. The summed E-state index contributed by atoms with van der Waals surface area (Å²) >= 11 is 9.04. The first-order valence-corrected chi connectivity index (χ1v) is 10.6. The molecule has 0 bridgehead atoms. The highest BCUT2D eigenvalue weighted by Crippen LogP contribution is 2.27. The number of ether oxygens (including phenoxy) is 1. The quantitative estimate of drug-likeness (QED) is 0.363. The summed E-state index contributed by atoms with van der Waals surface area (Å²) in [4.78, 5) is 22.1. The van der Waals surface area contributed by atoms with Crippen molar-refractivity contribution in [1.82, 2.24) is 9.97 Å². The van der Waals surface area contributed by atoms with E-state index in [1.54, 1.807) is 11.3 Å². The Balaban J connectivity index is 1.37. The molecule has 0 amide bonds. The summed E-state index contributed by atoms with van der Waals surface area (Å²) in [6.45, 7) is 1.88. The number of benzene rings is 1. The highest BCUT2D eigenvalue weighted by atomic mass is 35.5. The Labute approximate surface area is 174 Å². The van der Waals surface area contributed by atoms with Gasteiger partial charge in [-0.05, 0) is 30.5 Å². The van der Waals surface area contributed by atoms with Crippen LogP contribution in [0.3, 0.4) is 0 Å². The van der Waals surface area contributed by atoms with Crippen LogP contribution in [0.1, 0.15) is 17.1 Å². The van der Waals surface area contributed by atoms with Crippen molar-refractivity contribution in [2.24, 2.45) is 0 Å². The second-order valence-corrected chi connectivity index (χ2v) is 8.23. The van der Waals surface area contributed by atoms with E-state index in [1.165, 1.54) is 11.3 Å². The van der Waals surface area contributed by atoms with Crippen molar-refractivity contribution in [3.05, 3.63) is 69.3 Å². The van der Waals surface area contributed by atoms with Gasteiger partial charge >= 0.3 is 5.97 Å². The molecular weight excluding hydrogens is 416 g/mol. The van der Waals surface area contributed by atoms with Crippen LogP contribution in [0.15, 0.2) is 51.6 Å². The zero-order chi connectivity index (χ0) is 19.5. The molecule has 0 saturated heterocycles. The van der Waals surface area contributed by atoms with Crippen LogP contribution in [0.5, 0.6) is 0 Å². The van der Waals surface area contributed by atoms with Crippen LogP contribution in [-0.4, -0.2) is 15.9 Å². The predicted octanol–water partition coefficient (Wildman–Crippen LogP) is 5.77. The topological polar surface area (TPSA) is 65.2 Å². The number of carbonyl (C=O) groups excluding carboxylic acids is 1. The van der Waals surface area contributed by atoms with Gasteiger partial charge in [0.05, 0.1) is 17.0 Å². The van der Waals surface area contributed by atoms with E-state index in [0.717, 1.165) is 15.4 Å². The Morgan fingerprint density at radius 3 is 2.89 bits per heavy atom. The molecule has 28 heavy (non-hydrogen) atoms. The van der Waals surface area contributed by atoms with Gasteiger partial charge in [0, 0.05) is 16.0 Å². The monoisotopic (exact) mass is 430 g/mol. The predicted molar refractivity (Wildman–Crippen MR) is 111 cm³/mol. The first-order chi connectivity index (χ1) is 13.6. The third-order valence-electron chi connectivity index (χ3n) is 3.94. The number of halogens is 1. The summed E-state index contributed by atoms with van der Waals surface area (Å²) in [5.74, 6) is 0.834. The van der Waals surface area contributed by atoms with Crippen molar-refractivity contribution >= 4 is 40.2 Å². The Kier molecular flexibility index (Phi) is 5.57. The molecule has 8 heteroatoms. The molecule has 0 spiro atoms. The Morgan fingerprint density at radius 2 is 2.11 bits per heavy atom. The van der Waals surface area contributed by atoms with E-state index < -0.39 is 0 Å². The molecule has 0 N–H and O–H groups in total. The van der Waals surface area contributed by atoms with Crippen molar-refractivity contribution in [3.8, 4) is 21.3 Å². The Hall–Kier alpha value is -2.48. The van der Waals surface area contributed by atoms with Crippen LogP contribution in [-0.2, 0) is 22.6 Å². The number of esters is 1. The van der Waals surface area contributed by atoms with Gasteiger partial charge in [0.1, 0.15) is 23.1 Å². The van der Waals surface area contributed by atoms with Gasteiger partial charge in [-0.1, -0.05) is 29.8 Å². The second-order valence-electron chi connectivity index (χ2n) is 5.99. The van der Waals surface area contributed by atoms with Crippen LogP contribution < -0.4 is 0 Å². The minimum Gasteiger partial charge on any atom is -0.459 e. The summed E-state index contributed by atoms with van der Waals surface area (Å²) in [5.41, 5.74) is 2.22. The molecule has 0 aliphatic heterocycles. The maximum absolute atomic E-state index is 12.2. The molecule has 0 radical (unpaired) electrons. The average Bonchev–Trinajstić information content (AvgIpc) is 3.41. The standard InChI is InChI=1S/C20H15ClN2O3S2/c1-12-16(23-19(26-12)17-6-3-7-27-17)10-25-18(24)9-15-11-28-20(22-15)13-4-2-5-14(21)8-13/h2-8,11H,9-10H2,1H3. The molecule has 0 atom stereocenters. The number of thiazole rings is 1. The molecular formula is C20H15ClN2O3S2. The van der Waals surface area contributed by atoms with Crippen LogP contribution in [0.2, 0.25) is 5.02 Å². The number of aryl methyl sites for hydroxylation is 1. The largest absolute Gasteiger partial charge is 0.459 e. The smallest absolute Gasteiger partial charge is 0.312 e. The number of oxazole rings is 1. The van der Waals surface area contributed by atoms with Crippen LogP contribution >= 0.6 is 34.3 Å². The van der Waals surface area contributed by atoms with E-state index in [9.17, 15) is 4.79 Å². The zero-order valence-corrected chi connectivity index (χ0v) is 17.2. The van der Waals surface area contributed by atoms with Gasteiger partial charge in [-0.3, -0.25) is 4.79 Å². The van der Waals surface area contributed by atoms with Crippen LogP contribution in [0.4, 0.5) is 0 Å². The zero-order valence-electron chi connectivity index (χ0n) is 14.8. The fraction of sp³-hybridized carbons (Fsp3) is 0.150. The Bertz CT molecular complexity index is 1100. The van der Waals surface area contributed by atoms with Gasteiger partial charge in [-0.25, -0.2) is 9.97 Å². The van der Waals surface area contributed by atoms with Crippen molar-refractivity contribution in [3.63, 3.8) is 0 Å². The summed E-state index contributed by atoms with van der Waals surface area (Å²) < 4.78 is 11.0. The van der Waals surface area contributed by atoms with E-state index in [2.05, 4.69) is 9.97 Å². The number of hydrogen-bond donors (Lipinski definition) is 0. The number of carbonyl (C=O) groups is 1. The first-order valence-electron chi connectivity index (χ1n) is 8.44. The highest BCUT2D eigenvalue weighted by molar-refractivity contribution is 7.13. The van der Waals surface area contributed by atoms with Crippen LogP contribution in [0.25, 0.3) is 21.3 Å². The highest BCUT2D eigenvalue weighted by Gasteiger charge is 2.15. The summed E-state index contributed by atoms with van der Waals surface area (Å²) in [6, 6.07) is 11.3. The minimum atomic E-state index is -0.358. The van der Waals surface area contributed by atoms with Crippen molar-refractivity contribution in [1.29, 1.82) is 0 Å². The molecule has 0 saturated carbocycles. The van der Waals surface area contributed by atoms with Gasteiger partial charge in [0.15, 0.2) is 0 Å². The summed E-state index contributed by atoms with van der Waals surface area (Å²) in [7, 11) is 0. The minimum absolute atomic E-state index is 0.0742. The number of hydrogen-bond acceptors (Lipinski definition) is 7. The normalized spacial score (nSPS) is 10.9. The molecule has 1 aromatic carbocycles. The van der Waals surface area contributed by atoms with Gasteiger partial charge in [0.25, 0.3) is 0 Å². The van der Waals surface area contributed by atoms with E-state index in [1.807, 2.05) is 54.1 Å². The molecule has 3 aromatic heterocycles. The lowest BCUT2D eigenvalue weighted by Gasteiger charge is -2.01. The molecule has 0 aliphatic rings. The van der Waals surface area contributed by atoms with Gasteiger partial charge < -0.3 is 9.15 Å². The molecule has 5 nitrogen and oxygen atoms in total. The SMILES string of the molecule is Cc1oc(-c2cccs2)nc1COC(=O)Cc1csc(-c2cccc(Cl)c2)n1. The number of rotatable bonds is 6. The number of thiophene rings is 1. The van der Waals surface area contributed by atoms with Crippen molar-refractivity contribution in [2.45, 2.75) is 20.0 Å². The van der Waals surface area contributed by atoms with Crippen molar-refractivity contribution in [2.75, 3.05) is 0 Å². The summed E-state index contributed by atoms with van der Waals surface area (Å²) in [5, 5.41) is 5.28. The first kappa shape index (κ1) is 18.9. The fourth-order valence-corrected chi connectivity index (χ4v) is 4.21. The molecule has 0 fully saturated rings. The molecule has 4 aromatic rings. The maximum atomic E-state index is 12.2. The van der Waals surface area contributed by atoms with Crippen molar-refractivity contribution < 1.29 is 13.9 Å². The molecule has 4 rings (SSSR count). The van der Waals surface area contributed by atoms with E-state index >= 15 is 0 Å². The van der Waals surface area contributed by atoms with Gasteiger partial charge in [0.2, 0.25) is 5.89 Å². The molecule has 142 valence electrons. The van der Waals surface area contributed by atoms with Gasteiger partial charge in [-0.15, -0.1) is 22.7 Å². The van der Waals surface area contributed by atoms with Gasteiger partial charge in [-0.2, -0.15) is 0 Å². The molecule has 0 aliphatic carbocycles. The number of nitrogens with zero attached hydrogens (tertiary/aromatic N) is 2. The lowest BCUT2D eigenvalue weighted by molar-refractivity contribution is -0.144. The molecule has 0 unspecified atom stereocenters. The molecule has 3 heterocycles. The summed E-state index contributed by atoms with van der Waals surface area (Å²) in [6.07, 6.45) is 0.103. The Morgan fingerprint density at radius 1 is 1.21 bits per heavy atom. The van der Waals surface area contributed by atoms with E-state index in [-0.39, 0.29) is 19.0 Å². The number of aromatic nitrogens is 2. The second kappa shape index (κ2) is 8.26. The van der Waals surface area contributed by atoms with Crippen LogP contribution in [0, 0.1) is 6.92 Å². The van der Waals surface area contributed by atoms with E-state index in [4.69, 9.17) is 20.8 Å². The third kappa shape index (κ3) is 4.32.